The second-order valence-corrected chi connectivity index (χ2v) is 4.21. The summed E-state index contributed by atoms with van der Waals surface area (Å²) in [5.74, 6) is 4.39. The maximum atomic E-state index is 13.0. The third-order valence-electron chi connectivity index (χ3n) is 2.49. The number of halogens is 2. The Labute approximate surface area is 114 Å². The molecule has 4 N–H and O–H groups in total. The average molecular weight is 280 g/mol. The van der Waals surface area contributed by atoms with Crippen LogP contribution in [0.4, 0.5) is 15.8 Å². The highest BCUT2D eigenvalue weighted by Gasteiger charge is 2.07. The van der Waals surface area contributed by atoms with Gasteiger partial charge < -0.3 is 10.7 Å². The van der Waals surface area contributed by atoms with Crippen molar-refractivity contribution >= 4 is 28.9 Å². The maximum absolute atomic E-state index is 13.0. The molecule has 19 heavy (non-hydrogen) atoms. The minimum absolute atomic E-state index is 0.0412. The van der Waals surface area contributed by atoms with E-state index in [-0.39, 0.29) is 10.9 Å². The van der Waals surface area contributed by atoms with E-state index in [1.807, 2.05) is 0 Å². The molecule has 0 aromatic heterocycles. The molecule has 98 valence electrons. The van der Waals surface area contributed by atoms with Crippen LogP contribution in [0.3, 0.4) is 0 Å². The molecule has 0 atom stereocenters. The van der Waals surface area contributed by atoms with E-state index < -0.39 is 5.82 Å². The van der Waals surface area contributed by atoms with Gasteiger partial charge in [-0.05, 0) is 42.5 Å². The van der Waals surface area contributed by atoms with E-state index in [1.54, 1.807) is 24.3 Å². The maximum Gasteiger partial charge on any atom is 0.255 e. The molecule has 0 aliphatic heterocycles. The van der Waals surface area contributed by atoms with E-state index in [0.717, 1.165) is 0 Å². The largest absolute Gasteiger partial charge is 0.324 e. The van der Waals surface area contributed by atoms with Crippen molar-refractivity contribution in [2.75, 3.05) is 10.7 Å². The van der Waals surface area contributed by atoms with Crippen LogP contribution in [0.15, 0.2) is 42.5 Å². The Morgan fingerprint density at radius 3 is 2.32 bits per heavy atom. The fraction of sp³-hybridized carbons (Fsp3) is 0. The molecule has 0 fully saturated rings. The quantitative estimate of drug-likeness (QED) is 0.598. The third-order valence-corrected chi connectivity index (χ3v) is 2.78. The summed E-state index contributed by atoms with van der Waals surface area (Å²) in [5.41, 5.74) is 4.05. The van der Waals surface area contributed by atoms with Crippen molar-refractivity contribution in [1.29, 1.82) is 0 Å². The summed E-state index contributed by atoms with van der Waals surface area (Å²) in [5, 5.41) is 2.58. The highest BCUT2D eigenvalue weighted by atomic mass is 35.5. The average Bonchev–Trinajstić information content (AvgIpc) is 2.43. The molecule has 0 saturated heterocycles. The van der Waals surface area contributed by atoms with Crippen molar-refractivity contribution in [3.05, 3.63) is 58.9 Å². The first-order valence-corrected chi connectivity index (χ1v) is 5.81. The summed E-state index contributed by atoms with van der Waals surface area (Å²) in [6, 6.07) is 10.6. The van der Waals surface area contributed by atoms with Gasteiger partial charge in [-0.25, -0.2) is 4.39 Å². The topological polar surface area (TPSA) is 67.1 Å². The van der Waals surface area contributed by atoms with E-state index in [0.29, 0.717) is 16.9 Å². The van der Waals surface area contributed by atoms with Gasteiger partial charge in [0, 0.05) is 16.9 Å². The van der Waals surface area contributed by atoms with Crippen LogP contribution >= 0.6 is 11.6 Å². The summed E-state index contributed by atoms with van der Waals surface area (Å²) >= 11 is 5.63. The lowest BCUT2D eigenvalue weighted by Gasteiger charge is -2.07. The van der Waals surface area contributed by atoms with Crippen LogP contribution < -0.4 is 16.6 Å². The Morgan fingerprint density at radius 2 is 1.74 bits per heavy atom. The first-order valence-electron chi connectivity index (χ1n) is 5.43. The molecule has 0 bridgehead atoms. The standard InChI is InChI=1S/C13H11ClFN3O/c14-11-7-10(5-6-12(11)15)17-13(19)8-1-3-9(18-16)4-2-8/h1-7,18H,16H2,(H,17,19). The molecule has 2 aromatic rings. The molecule has 2 aromatic carbocycles. The van der Waals surface area contributed by atoms with Crippen LogP contribution in [0.25, 0.3) is 0 Å². The number of nitrogen functional groups attached to an aromatic ring is 1. The molecule has 2 rings (SSSR count). The summed E-state index contributed by atoms with van der Waals surface area (Å²) in [6.07, 6.45) is 0. The highest BCUT2D eigenvalue weighted by molar-refractivity contribution is 6.31. The van der Waals surface area contributed by atoms with Crippen LogP contribution in [0.2, 0.25) is 5.02 Å². The first-order chi connectivity index (χ1) is 9.10. The van der Waals surface area contributed by atoms with Gasteiger partial charge in [0.15, 0.2) is 0 Å². The van der Waals surface area contributed by atoms with Gasteiger partial charge in [-0.2, -0.15) is 0 Å². The Kier molecular flexibility index (Phi) is 3.99. The van der Waals surface area contributed by atoms with E-state index in [1.165, 1.54) is 18.2 Å². The van der Waals surface area contributed by atoms with E-state index in [4.69, 9.17) is 17.4 Å². The van der Waals surface area contributed by atoms with E-state index in [9.17, 15) is 9.18 Å². The lowest BCUT2D eigenvalue weighted by Crippen LogP contribution is -2.12. The molecular formula is C13H11ClFN3O. The van der Waals surface area contributed by atoms with E-state index >= 15 is 0 Å². The van der Waals surface area contributed by atoms with Crippen molar-refractivity contribution in [2.45, 2.75) is 0 Å². The third kappa shape index (κ3) is 3.21. The Bertz CT molecular complexity index is 601. The number of anilines is 2. The lowest BCUT2D eigenvalue weighted by atomic mass is 10.2. The number of rotatable bonds is 3. The molecule has 6 heteroatoms. The SMILES string of the molecule is NNc1ccc(C(=O)Nc2ccc(F)c(Cl)c2)cc1. The zero-order valence-electron chi connectivity index (χ0n) is 9.78. The van der Waals surface area contributed by atoms with Gasteiger partial charge in [0.1, 0.15) is 5.82 Å². The van der Waals surface area contributed by atoms with Crippen LogP contribution in [0, 0.1) is 5.82 Å². The number of hydrogen-bond acceptors (Lipinski definition) is 3. The number of hydrazine groups is 1. The Balaban J connectivity index is 2.13. The minimum Gasteiger partial charge on any atom is -0.324 e. The predicted octanol–water partition coefficient (Wildman–Crippen LogP) is 3.02. The number of amides is 1. The Morgan fingerprint density at radius 1 is 1.11 bits per heavy atom. The number of carbonyl (C=O) groups excluding carboxylic acids is 1. The first kappa shape index (κ1) is 13.3. The second kappa shape index (κ2) is 5.69. The predicted molar refractivity (Wildman–Crippen MR) is 73.6 cm³/mol. The minimum atomic E-state index is -0.530. The Hall–Kier alpha value is -2.11. The smallest absolute Gasteiger partial charge is 0.255 e. The zero-order chi connectivity index (χ0) is 13.8. The van der Waals surface area contributed by atoms with Crippen LogP contribution in [-0.2, 0) is 0 Å². The number of carbonyl (C=O) groups is 1. The monoisotopic (exact) mass is 279 g/mol. The summed E-state index contributed by atoms with van der Waals surface area (Å²) in [7, 11) is 0. The molecule has 0 saturated carbocycles. The summed E-state index contributed by atoms with van der Waals surface area (Å²) in [6.45, 7) is 0. The van der Waals surface area contributed by atoms with Gasteiger partial charge in [0.25, 0.3) is 5.91 Å². The molecular weight excluding hydrogens is 269 g/mol. The molecule has 4 nitrogen and oxygen atoms in total. The number of benzene rings is 2. The highest BCUT2D eigenvalue weighted by Crippen LogP contribution is 2.20. The van der Waals surface area contributed by atoms with Crippen LogP contribution in [-0.4, -0.2) is 5.91 Å². The van der Waals surface area contributed by atoms with Gasteiger partial charge in [-0.15, -0.1) is 0 Å². The van der Waals surface area contributed by atoms with Crippen LogP contribution in [0.1, 0.15) is 10.4 Å². The lowest BCUT2D eigenvalue weighted by molar-refractivity contribution is 0.102. The van der Waals surface area contributed by atoms with Gasteiger partial charge in [0.2, 0.25) is 0 Å². The molecule has 0 spiro atoms. The number of hydrogen-bond donors (Lipinski definition) is 3. The van der Waals surface area contributed by atoms with Crippen molar-refractivity contribution in [2.24, 2.45) is 5.84 Å². The second-order valence-electron chi connectivity index (χ2n) is 3.80. The molecule has 0 aliphatic rings. The van der Waals surface area contributed by atoms with Gasteiger partial charge in [-0.1, -0.05) is 11.6 Å². The number of nitrogens with one attached hydrogen (secondary N) is 2. The zero-order valence-corrected chi connectivity index (χ0v) is 10.5. The molecule has 0 aliphatic carbocycles. The molecule has 0 radical (unpaired) electrons. The van der Waals surface area contributed by atoms with Crippen LogP contribution in [0.5, 0.6) is 0 Å². The van der Waals surface area contributed by atoms with Crippen molar-refractivity contribution in [3.63, 3.8) is 0 Å². The number of nitrogens with two attached hydrogens (primary N) is 1. The fourth-order valence-electron chi connectivity index (χ4n) is 1.49. The summed E-state index contributed by atoms with van der Waals surface area (Å²) < 4.78 is 13.0. The van der Waals surface area contributed by atoms with Gasteiger partial charge >= 0.3 is 0 Å². The van der Waals surface area contributed by atoms with Crippen molar-refractivity contribution in [3.8, 4) is 0 Å². The molecule has 1 amide bonds. The van der Waals surface area contributed by atoms with Crippen molar-refractivity contribution in [1.82, 2.24) is 0 Å². The van der Waals surface area contributed by atoms with Gasteiger partial charge in [-0.3, -0.25) is 10.6 Å². The molecule has 0 heterocycles. The summed E-state index contributed by atoms with van der Waals surface area (Å²) in [4.78, 5) is 11.9. The van der Waals surface area contributed by atoms with E-state index in [2.05, 4.69) is 10.7 Å². The van der Waals surface area contributed by atoms with Crippen molar-refractivity contribution < 1.29 is 9.18 Å². The normalized spacial score (nSPS) is 10.1. The van der Waals surface area contributed by atoms with Gasteiger partial charge in [0.05, 0.1) is 5.02 Å². The molecule has 0 unspecified atom stereocenters. The fourth-order valence-corrected chi connectivity index (χ4v) is 1.68.